The van der Waals surface area contributed by atoms with Gasteiger partial charge in [-0.1, -0.05) is 15.8 Å². The summed E-state index contributed by atoms with van der Waals surface area (Å²) in [6.45, 7) is 2.64. The molecule has 2 aromatic rings. The van der Waals surface area contributed by atoms with E-state index in [0.717, 1.165) is 15.0 Å². The fourth-order valence-electron chi connectivity index (χ4n) is 0.796. The van der Waals surface area contributed by atoms with Crippen LogP contribution in [0.2, 0.25) is 0 Å². The van der Waals surface area contributed by atoms with Gasteiger partial charge in [0.1, 0.15) is 5.01 Å². The molecule has 0 aliphatic rings. The lowest BCUT2D eigenvalue weighted by Gasteiger charge is -1.95. The van der Waals surface area contributed by atoms with E-state index in [9.17, 15) is 0 Å². The highest BCUT2D eigenvalue weighted by Crippen LogP contribution is 2.15. The molecule has 68 valence electrons. The van der Waals surface area contributed by atoms with Crippen molar-refractivity contribution in [3.05, 3.63) is 16.1 Å². The highest BCUT2D eigenvalue weighted by atomic mass is 32.1. The molecule has 0 amide bonds. The van der Waals surface area contributed by atoms with Crippen molar-refractivity contribution in [2.24, 2.45) is 0 Å². The Hall–Kier alpha value is -1.08. The molecule has 0 saturated carbocycles. The summed E-state index contributed by atoms with van der Waals surface area (Å²) in [7, 11) is 0. The lowest BCUT2D eigenvalue weighted by molar-refractivity contribution is 1.03. The number of aryl methyl sites for hydroxylation is 1. The van der Waals surface area contributed by atoms with E-state index in [1.54, 1.807) is 17.5 Å². The van der Waals surface area contributed by atoms with E-state index in [1.165, 1.54) is 11.5 Å². The molecule has 2 heterocycles. The van der Waals surface area contributed by atoms with Gasteiger partial charge < -0.3 is 5.32 Å². The van der Waals surface area contributed by atoms with Gasteiger partial charge in [0.2, 0.25) is 5.13 Å². The first kappa shape index (κ1) is 8.52. The Bertz CT molecular complexity index is 368. The summed E-state index contributed by atoms with van der Waals surface area (Å²) in [5.41, 5.74) is 0. The maximum Gasteiger partial charge on any atom is 0.205 e. The molecule has 0 saturated heterocycles. The van der Waals surface area contributed by atoms with Gasteiger partial charge >= 0.3 is 0 Å². The van der Waals surface area contributed by atoms with Gasteiger partial charge in [0, 0.05) is 0 Å². The first-order chi connectivity index (χ1) is 6.34. The number of hydrogen-bond donors (Lipinski definition) is 1. The van der Waals surface area contributed by atoms with E-state index in [1.807, 2.05) is 6.92 Å². The number of nitrogens with zero attached hydrogens (tertiary/aromatic N) is 4. The van der Waals surface area contributed by atoms with Crippen molar-refractivity contribution in [2.45, 2.75) is 13.5 Å². The van der Waals surface area contributed by atoms with Crippen molar-refractivity contribution >= 4 is 28.0 Å². The zero-order valence-corrected chi connectivity index (χ0v) is 8.52. The van der Waals surface area contributed by atoms with Crippen LogP contribution in [0.15, 0.2) is 6.20 Å². The molecule has 0 unspecified atom stereocenters. The van der Waals surface area contributed by atoms with Crippen LogP contribution in [0.3, 0.4) is 0 Å². The van der Waals surface area contributed by atoms with Crippen LogP contribution >= 0.6 is 22.9 Å². The monoisotopic (exact) mass is 213 g/mol. The van der Waals surface area contributed by atoms with Crippen LogP contribution in [-0.4, -0.2) is 19.8 Å². The molecular formula is C6H7N5S2. The Morgan fingerprint density at radius 1 is 1.46 bits per heavy atom. The molecule has 0 spiro atoms. The van der Waals surface area contributed by atoms with Crippen LogP contribution in [0.5, 0.6) is 0 Å². The summed E-state index contributed by atoms with van der Waals surface area (Å²) < 4.78 is 3.76. The Labute approximate surface area is 83.0 Å². The van der Waals surface area contributed by atoms with Crippen LogP contribution in [0.1, 0.15) is 9.88 Å². The lowest BCUT2D eigenvalue weighted by atomic mass is 10.5. The fourth-order valence-corrected chi connectivity index (χ4v) is 1.81. The first-order valence-electron chi connectivity index (χ1n) is 3.65. The second kappa shape index (κ2) is 3.75. The molecule has 0 aromatic carbocycles. The van der Waals surface area contributed by atoms with Crippen molar-refractivity contribution in [1.29, 1.82) is 0 Å². The largest absolute Gasteiger partial charge is 0.355 e. The van der Waals surface area contributed by atoms with Gasteiger partial charge in [-0.2, -0.15) is 0 Å². The van der Waals surface area contributed by atoms with Crippen LogP contribution in [-0.2, 0) is 6.54 Å². The fraction of sp³-hybridized carbons (Fsp3) is 0.333. The average Bonchev–Trinajstić information content (AvgIpc) is 2.71. The quantitative estimate of drug-likeness (QED) is 0.832. The molecule has 0 bridgehead atoms. The number of aromatic nitrogens is 4. The smallest absolute Gasteiger partial charge is 0.205 e. The van der Waals surface area contributed by atoms with E-state index in [2.05, 4.69) is 25.1 Å². The second-order valence-corrected chi connectivity index (χ2v) is 4.42. The molecular weight excluding hydrogens is 206 g/mol. The van der Waals surface area contributed by atoms with Gasteiger partial charge in [-0.15, -0.1) is 15.3 Å². The van der Waals surface area contributed by atoms with E-state index in [0.29, 0.717) is 6.54 Å². The number of nitrogens with one attached hydrogen (secondary N) is 1. The third-order valence-corrected chi connectivity index (χ3v) is 2.80. The number of anilines is 1. The van der Waals surface area contributed by atoms with E-state index >= 15 is 0 Å². The highest BCUT2D eigenvalue weighted by molar-refractivity contribution is 7.15. The third kappa shape index (κ3) is 2.19. The molecule has 0 atom stereocenters. The van der Waals surface area contributed by atoms with E-state index in [-0.39, 0.29) is 0 Å². The van der Waals surface area contributed by atoms with Crippen LogP contribution < -0.4 is 5.32 Å². The summed E-state index contributed by atoms with van der Waals surface area (Å²) in [5.74, 6) is 0. The van der Waals surface area contributed by atoms with Crippen molar-refractivity contribution in [3.63, 3.8) is 0 Å². The predicted octanol–water partition coefficient (Wildman–Crippen LogP) is 1.31. The van der Waals surface area contributed by atoms with Gasteiger partial charge in [-0.05, 0) is 18.5 Å². The SMILES string of the molecule is Cc1nnc(NCc2cnns2)s1. The zero-order valence-electron chi connectivity index (χ0n) is 6.89. The minimum absolute atomic E-state index is 0.715. The van der Waals surface area contributed by atoms with Crippen molar-refractivity contribution in [3.8, 4) is 0 Å². The topological polar surface area (TPSA) is 63.6 Å². The predicted molar refractivity (Wildman–Crippen MR) is 51.9 cm³/mol. The van der Waals surface area contributed by atoms with Crippen LogP contribution in [0.25, 0.3) is 0 Å². The molecule has 7 heteroatoms. The van der Waals surface area contributed by atoms with Crippen LogP contribution in [0.4, 0.5) is 5.13 Å². The Morgan fingerprint density at radius 2 is 2.38 bits per heavy atom. The molecule has 0 radical (unpaired) electrons. The molecule has 1 N–H and O–H groups in total. The molecule has 0 aliphatic carbocycles. The van der Waals surface area contributed by atoms with E-state index < -0.39 is 0 Å². The number of hydrogen-bond acceptors (Lipinski definition) is 7. The summed E-state index contributed by atoms with van der Waals surface area (Å²) in [6, 6.07) is 0. The Morgan fingerprint density at radius 3 is 3.00 bits per heavy atom. The maximum absolute atomic E-state index is 3.94. The summed E-state index contributed by atoms with van der Waals surface area (Å²) in [5, 5.41) is 16.5. The standard InChI is InChI=1S/C6H7N5S2/c1-4-9-10-6(12-4)7-2-5-3-8-11-13-5/h3H,2H2,1H3,(H,7,10). The van der Waals surface area contributed by atoms with Crippen molar-refractivity contribution in [2.75, 3.05) is 5.32 Å². The van der Waals surface area contributed by atoms with Gasteiger partial charge in [0.25, 0.3) is 0 Å². The first-order valence-corrected chi connectivity index (χ1v) is 5.24. The summed E-state index contributed by atoms with van der Waals surface area (Å²) >= 11 is 2.92. The number of rotatable bonds is 3. The van der Waals surface area contributed by atoms with Crippen molar-refractivity contribution < 1.29 is 0 Å². The highest BCUT2D eigenvalue weighted by Gasteiger charge is 2.00. The molecule has 13 heavy (non-hydrogen) atoms. The van der Waals surface area contributed by atoms with Crippen LogP contribution in [0, 0.1) is 6.92 Å². The van der Waals surface area contributed by atoms with E-state index in [4.69, 9.17) is 0 Å². The minimum Gasteiger partial charge on any atom is -0.355 e. The zero-order chi connectivity index (χ0) is 9.10. The van der Waals surface area contributed by atoms with Crippen molar-refractivity contribution in [1.82, 2.24) is 19.8 Å². The van der Waals surface area contributed by atoms with Gasteiger partial charge in [-0.25, -0.2) is 0 Å². The minimum atomic E-state index is 0.715. The Balaban J connectivity index is 1.93. The third-order valence-electron chi connectivity index (χ3n) is 1.35. The molecule has 0 aliphatic heterocycles. The maximum atomic E-state index is 3.94. The molecule has 2 aromatic heterocycles. The normalized spacial score (nSPS) is 10.2. The van der Waals surface area contributed by atoms with Gasteiger partial charge in [-0.3, -0.25) is 0 Å². The molecule has 5 nitrogen and oxygen atoms in total. The Kier molecular flexibility index (Phi) is 2.46. The average molecular weight is 213 g/mol. The summed E-state index contributed by atoms with van der Waals surface area (Å²) in [4.78, 5) is 1.09. The molecule has 2 rings (SSSR count). The van der Waals surface area contributed by atoms with Gasteiger partial charge in [0.15, 0.2) is 0 Å². The molecule has 0 fully saturated rings. The second-order valence-electron chi connectivity index (χ2n) is 2.36. The summed E-state index contributed by atoms with van der Waals surface area (Å²) in [6.07, 6.45) is 1.74. The van der Waals surface area contributed by atoms with Gasteiger partial charge in [0.05, 0.1) is 17.6 Å². The lowest BCUT2D eigenvalue weighted by Crippen LogP contribution is -1.96.